The standard InChI is InChI=1S/C9H18O2.C5H12.C3H8/c1-9(2,3)7-5-6-8(10)11-4;1-5(2,3)4;1-3-2/h5-7H2,1-4H3;1-4H3;3H2,1-2H3. The molecule has 0 aromatic heterocycles. The van der Waals surface area contributed by atoms with Crippen LogP contribution in [0.5, 0.6) is 0 Å². The van der Waals surface area contributed by atoms with Crippen LogP contribution in [0.1, 0.15) is 88.0 Å². The molecule has 2 heteroatoms. The number of hydrogen-bond acceptors (Lipinski definition) is 2. The van der Waals surface area contributed by atoms with Crippen molar-refractivity contribution in [2.45, 2.75) is 88.0 Å². The van der Waals surface area contributed by atoms with Crippen molar-refractivity contribution in [3.05, 3.63) is 0 Å². The molecular weight excluding hydrogens is 236 g/mol. The molecule has 0 saturated heterocycles. The van der Waals surface area contributed by atoms with Gasteiger partial charge in [-0.3, -0.25) is 4.79 Å². The molecule has 0 aromatic carbocycles. The molecule has 19 heavy (non-hydrogen) atoms. The molecule has 0 unspecified atom stereocenters. The summed E-state index contributed by atoms with van der Waals surface area (Å²) >= 11 is 0. The minimum atomic E-state index is -0.103. The molecule has 0 radical (unpaired) electrons. The zero-order valence-electron chi connectivity index (χ0n) is 15.1. The molecule has 0 amide bonds. The van der Waals surface area contributed by atoms with Crippen molar-refractivity contribution in [1.82, 2.24) is 0 Å². The van der Waals surface area contributed by atoms with E-state index in [9.17, 15) is 4.79 Å². The zero-order chi connectivity index (χ0) is 16.1. The molecule has 0 saturated carbocycles. The van der Waals surface area contributed by atoms with Gasteiger partial charge in [0.25, 0.3) is 0 Å². The smallest absolute Gasteiger partial charge is 0.305 e. The van der Waals surface area contributed by atoms with E-state index in [0.717, 1.165) is 12.8 Å². The van der Waals surface area contributed by atoms with Gasteiger partial charge in [-0.05, 0) is 23.7 Å². The Morgan fingerprint density at radius 3 is 1.47 bits per heavy atom. The van der Waals surface area contributed by atoms with Crippen LogP contribution in [0.25, 0.3) is 0 Å². The minimum Gasteiger partial charge on any atom is -0.469 e. The van der Waals surface area contributed by atoms with Crippen molar-refractivity contribution < 1.29 is 9.53 Å². The lowest BCUT2D eigenvalue weighted by Gasteiger charge is -2.16. The van der Waals surface area contributed by atoms with Gasteiger partial charge >= 0.3 is 5.97 Å². The first-order chi connectivity index (χ1) is 8.37. The van der Waals surface area contributed by atoms with Gasteiger partial charge in [0.1, 0.15) is 0 Å². The lowest BCUT2D eigenvalue weighted by molar-refractivity contribution is -0.140. The SMILES string of the molecule is CC(C)(C)C.CCC.COC(=O)CCCC(C)(C)C. The summed E-state index contributed by atoms with van der Waals surface area (Å²) in [5, 5.41) is 0. The van der Waals surface area contributed by atoms with Crippen LogP contribution in [-0.2, 0) is 9.53 Å². The Kier molecular flexibility index (Phi) is 15.5. The van der Waals surface area contributed by atoms with E-state index in [4.69, 9.17) is 0 Å². The van der Waals surface area contributed by atoms with Crippen LogP contribution in [0.2, 0.25) is 0 Å². The number of rotatable bonds is 3. The van der Waals surface area contributed by atoms with Crippen LogP contribution < -0.4 is 0 Å². The monoisotopic (exact) mass is 274 g/mol. The topological polar surface area (TPSA) is 26.3 Å². The number of ether oxygens (including phenoxy) is 1. The van der Waals surface area contributed by atoms with Crippen LogP contribution in [0.3, 0.4) is 0 Å². The Labute approximate surface area is 122 Å². The first-order valence-corrected chi connectivity index (χ1v) is 7.44. The van der Waals surface area contributed by atoms with Crippen molar-refractivity contribution in [1.29, 1.82) is 0 Å². The average Bonchev–Trinajstić information content (AvgIpc) is 2.14. The molecule has 0 atom stereocenters. The molecule has 2 nitrogen and oxygen atoms in total. The van der Waals surface area contributed by atoms with Gasteiger partial charge in [0.05, 0.1) is 7.11 Å². The molecule has 0 aromatic rings. The van der Waals surface area contributed by atoms with Gasteiger partial charge < -0.3 is 4.74 Å². The summed E-state index contributed by atoms with van der Waals surface area (Å²) in [7, 11) is 1.43. The molecule has 0 spiro atoms. The average molecular weight is 274 g/mol. The van der Waals surface area contributed by atoms with Crippen molar-refractivity contribution in [2.24, 2.45) is 10.8 Å². The maximum atomic E-state index is 10.7. The van der Waals surface area contributed by atoms with E-state index in [-0.39, 0.29) is 5.97 Å². The van der Waals surface area contributed by atoms with E-state index in [1.54, 1.807) is 0 Å². The highest BCUT2D eigenvalue weighted by atomic mass is 16.5. The summed E-state index contributed by atoms with van der Waals surface area (Å²) in [5.41, 5.74) is 0.827. The predicted octanol–water partition coefficient (Wildman–Crippen LogP) is 5.84. The van der Waals surface area contributed by atoms with E-state index in [1.165, 1.54) is 13.5 Å². The van der Waals surface area contributed by atoms with Crippen molar-refractivity contribution in [3.8, 4) is 0 Å². The first kappa shape index (κ1) is 23.6. The Morgan fingerprint density at radius 1 is 0.947 bits per heavy atom. The summed E-state index contributed by atoms with van der Waals surface area (Å²) in [6, 6.07) is 0. The van der Waals surface area contributed by atoms with Gasteiger partial charge in [0.2, 0.25) is 0 Å². The van der Waals surface area contributed by atoms with Crippen molar-refractivity contribution in [3.63, 3.8) is 0 Å². The number of carbonyl (C=O) groups is 1. The van der Waals surface area contributed by atoms with E-state index < -0.39 is 0 Å². The molecule has 0 N–H and O–H groups in total. The highest BCUT2D eigenvalue weighted by molar-refractivity contribution is 5.68. The van der Waals surface area contributed by atoms with Crippen LogP contribution >= 0.6 is 0 Å². The molecule has 0 aliphatic heterocycles. The second-order valence-electron chi connectivity index (χ2n) is 7.70. The molecule has 0 aliphatic carbocycles. The van der Waals surface area contributed by atoms with E-state index in [2.05, 4.69) is 67.1 Å². The lowest BCUT2D eigenvalue weighted by Crippen LogP contribution is -2.07. The summed E-state index contributed by atoms with van der Waals surface area (Å²) in [4.78, 5) is 10.7. The maximum absolute atomic E-state index is 10.7. The molecule has 0 aliphatic rings. The maximum Gasteiger partial charge on any atom is 0.305 e. The molecule has 0 bridgehead atoms. The Bertz CT molecular complexity index is 188. The van der Waals surface area contributed by atoms with Crippen molar-refractivity contribution in [2.75, 3.05) is 7.11 Å². The fraction of sp³-hybridized carbons (Fsp3) is 0.941. The fourth-order valence-corrected chi connectivity index (χ4v) is 0.865. The highest BCUT2D eigenvalue weighted by Gasteiger charge is 2.10. The van der Waals surface area contributed by atoms with Gasteiger partial charge in [0.15, 0.2) is 0 Å². The van der Waals surface area contributed by atoms with Crippen molar-refractivity contribution >= 4 is 5.97 Å². The molecule has 118 valence electrons. The predicted molar refractivity (Wildman–Crippen MR) is 86.4 cm³/mol. The van der Waals surface area contributed by atoms with Gasteiger partial charge in [-0.15, -0.1) is 0 Å². The second kappa shape index (κ2) is 12.5. The summed E-state index contributed by atoms with van der Waals surface area (Å²) in [6.07, 6.45) is 3.80. The number of carbonyl (C=O) groups excluding carboxylic acids is 1. The highest BCUT2D eigenvalue weighted by Crippen LogP contribution is 2.21. The summed E-state index contributed by atoms with van der Waals surface area (Å²) < 4.78 is 4.53. The second-order valence-corrected chi connectivity index (χ2v) is 7.70. The van der Waals surface area contributed by atoms with E-state index in [0.29, 0.717) is 17.3 Å². The van der Waals surface area contributed by atoms with Crippen LogP contribution in [0.4, 0.5) is 0 Å². The van der Waals surface area contributed by atoms with Crippen LogP contribution in [0.15, 0.2) is 0 Å². The van der Waals surface area contributed by atoms with Gasteiger partial charge in [0, 0.05) is 6.42 Å². The normalized spacial score (nSPS) is 10.6. The van der Waals surface area contributed by atoms with Crippen LogP contribution in [0, 0.1) is 10.8 Å². The Balaban J connectivity index is -0.000000266. The fourth-order valence-electron chi connectivity index (χ4n) is 0.865. The summed E-state index contributed by atoms with van der Waals surface area (Å²) in [5.74, 6) is -0.103. The van der Waals surface area contributed by atoms with Gasteiger partial charge in [-0.1, -0.05) is 68.7 Å². The molecule has 0 rings (SSSR count). The Hall–Kier alpha value is -0.530. The van der Waals surface area contributed by atoms with E-state index >= 15 is 0 Å². The van der Waals surface area contributed by atoms with Gasteiger partial charge in [-0.25, -0.2) is 0 Å². The lowest BCUT2D eigenvalue weighted by atomic mass is 9.90. The largest absolute Gasteiger partial charge is 0.469 e. The molecule has 0 heterocycles. The van der Waals surface area contributed by atoms with Crippen LogP contribution in [-0.4, -0.2) is 13.1 Å². The molecule has 0 fully saturated rings. The number of methoxy groups -OCH3 is 1. The Morgan fingerprint density at radius 2 is 1.26 bits per heavy atom. The molecular formula is C17H38O2. The van der Waals surface area contributed by atoms with Gasteiger partial charge in [-0.2, -0.15) is 0 Å². The third-order valence-electron chi connectivity index (χ3n) is 1.54. The minimum absolute atomic E-state index is 0.103. The number of esters is 1. The number of hydrogen-bond donors (Lipinski definition) is 0. The third kappa shape index (κ3) is 58.3. The first-order valence-electron chi connectivity index (χ1n) is 7.44. The quantitative estimate of drug-likeness (QED) is 0.604. The third-order valence-corrected chi connectivity index (χ3v) is 1.54. The summed E-state index contributed by atoms with van der Waals surface area (Å²) in [6.45, 7) is 19.5. The van der Waals surface area contributed by atoms with E-state index in [1.807, 2.05) is 0 Å². The zero-order valence-corrected chi connectivity index (χ0v) is 15.1.